The third-order valence-corrected chi connectivity index (χ3v) is 11.8. The van der Waals surface area contributed by atoms with E-state index in [1.54, 1.807) is 4.90 Å². The van der Waals surface area contributed by atoms with Crippen LogP contribution < -0.4 is 27.4 Å². The first kappa shape index (κ1) is 38.6. The normalized spacial score (nSPS) is 42.3. The molecule has 278 valence electrons. The number of nitrogens with zero attached hydrogens (tertiary/aromatic N) is 2. The van der Waals surface area contributed by atoms with E-state index in [1.165, 1.54) is 4.90 Å². The maximum atomic E-state index is 12.6. The van der Waals surface area contributed by atoms with Gasteiger partial charge in [-0.1, -0.05) is 0 Å². The minimum atomic E-state index is -5.46. The van der Waals surface area contributed by atoms with E-state index in [-0.39, 0.29) is 25.9 Å². The van der Waals surface area contributed by atoms with E-state index >= 15 is 0 Å². The Balaban J connectivity index is 1.15. The van der Waals surface area contributed by atoms with Crippen molar-refractivity contribution in [2.45, 2.75) is 80.3 Å². The Kier molecular flexibility index (Phi) is 12.2. The molecule has 6 unspecified atom stereocenters. The molecule has 0 saturated carbocycles. The summed E-state index contributed by atoms with van der Waals surface area (Å²) in [6.07, 6.45) is -12.0. The molecule has 0 bridgehead atoms. The molecule has 24 nitrogen and oxygen atoms in total. The first-order valence-corrected chi connectivity index (χ1v) is 19.4. The smallest absolute Gasteiger partial charge is 0.387 e. The minimum absolute atomic E-state index is 0.0689. The van der Waals surface area contributed by atoms with Crippen molar-refractivity contribution in [3.05, 3.63) is 0 Å². The molecule has 1 amide bonds. The summed E-state index contributed by atoms with van der Waals surface area (Å²) in [5, 5.41) is 40.9. The van der Waals surface area contributed by atoms with Crippen LogP contribution in [0, 0.1) is 5.92 Å². The molecule has 0 aromatic rings. The van der Waals surface area contributed by atoms with Crippen LogP contribution in [0.1, 0.15) is 12.8 Å². The van der Waals surface area contributed by atoms with Crippen LogP contribution in [0.5, 0.6) is 0 Å². The Hall–Kier alpha value is -0.600. The number of piperidine rings is 1. The van der Waals surface area contributed by atoms with Gasteiger partial charge in [0, 0.05) is 19.8 Å². The van der Waals surface area contributed by atoms with E-state index in [4.69, 9.17) is 34.5 Å². The van der Waals surface area contributed by atoms with E-state index in [9.17, 15) is 53.4 Å². The van der Waals surface area contributed by atoms with Crippen LogP contribution >= 0.6 is 23.5 Å². The van der Waals surface area contributed by atoms with Crippen molar-refractivity contribution in [3.63, 3.8) is 0 Å². The maximum absolute atomic E-state index is 12.6. The van der Waals surface area contributed by atoms with Gasteiger partial charge in [-0.05, 0) is 12.8 Å². The number of amides is 1. The number of nitrogens with one attached hydrogen (secondary N) is 3. The zero-order valence-electron chi connectivity index (χ0n) is 25.2. The number of hydrogen-bond acceptors (Lipinski definition) is 19. The van der Waals surface area contributed by atoms with E-state index in [0.29, 0.717) is 19.4 Å². The molecule has 5 rings (SSSR count). The molecule has 5 heterocycles. The van der Waals surface area contributed by atoms with Crippen molar-refractivity contribution in [1.29, 1.82) is 0 Å². The molecular formula is C21H42N7O17P3. The molecule has 5 saturated heterocycles. The zero-order chi connectivity index (χ0) is 35.2. The van der Waals surface area contributed by atoms with Gasteiger partial charge in [-0.25, -0.2) is 18.6 Å². The van der Waals surface area contributed by atoms with Crippen LogP contribution in [0.4, 0.5) is 0 Å². The van der Waals surface area contributed by atoms with Gasteiger partial charge in [0.05, 0.1) is 44.2 Å². The molecule has 5 aliphatic heterocycles. The van der Waals surface area contributed by atoms with Crippen LogP contribution in [-0.4, -0.2) is 158 Å². The quantitative estimate of drug-likeness (QED) is 0.0779. The summed E-state index contributed by atoms with van der Waals surface area (Å²) < 4.78 is 66.8. The molecule has 0 aromatic carbocycles. The summed E-state index contributed by atoms with van der Waals surface area (Å²) in [5.74, 6) is -1.04. The van der Waals surface area contributed by atoms with E-state index < -0.39 is 110 Å². The maximum Gasteiger partial charge on any atom is 0.481 e. The molecule has 0 aliphatic carbocycles. The number of ether oxygens (including phenoxy) is 2. The fraction of sp³-hybridized carbons (Fsp3) is 0.952. The van der Waals surface area contributed by atoms with Crippen molar-refractivity contribution in [3.8, 4) is 0 Å². The SMILES string of the molecule is NC(=O)C1CCCN([C@@H]2O[C@H](COP(=O)(O)OP(=O)(O)OC[C@H]3O[C@@H](N4CNC5C(N)NCNC54)[C@H](OP(=O)(O)O)[C@@H]3O)[C@@H](O)[C@H]2O)C1. The number of carbonyl (C=O) groups is 1. The molecule has 0 spiro atoms. The second-order valence-corrected chi connectivity index (χ2v) is 16.2. The number of hydrogen-bond donors (Lipinski definition) is 12. The second kappa shape index (κ2) is 15.2. The molecule has 27 heteroatoms. The van der Waals surface area contributed by atoms with Crippen LogP contribution in [0.3, 0.4) is 0 Å². The summed E-state index contributed by atoms with van der Waals surface area (Å²) in [6.45, 7) is -0.986. The van der Waals surface area contributed by atoms with Crippen LogP contribution in [0.15, 0.2) is 0 Å². The summed E-state index contributed by atoms with van der Waals surface area (Å²) in [4.78, 5) is 53.9. The fourth-order valence-corrected chi connectivity index (χ4v) is 9.03. The number of rotatable bonds is 13. The lowest BCUT2D eigenvalue weighted by Gasteiger charge is -2.39. The number of phosphoric acid groups is 3. The first-order valence-electron chi connectivity index (χ1n) is 14.9. The Bertz CT molecular complexity index is 1300. The van der Waals surface area contributed by atoms with E-state index in [1.807, 2.05) is 0 Å². The predicted octanol–water partition coefficient (Wildman–Crippen LogP) is -5.56. The Morgan fingerprint density at radius 3 is 2.15 bits per heavy atom. The number of aliphatic hydroxyl groups excluding tert-OH is 3. The summed E-state index contributed by atoms with van der Waals surface area (Å²) >= 11 is 0. The van der Waals surface area contributed by atoms with E-state index in [0.717, 1.165) is 0 Å². The number of carbonyl (C=O) groups excluding carboxylic acids is 1. The Morgan fingerprint density at radius 2 is 1.52 bits per heavy atom. The second-order valence-electron chi connectivity index (χ2n) is 12.0. The Labute approximate surface area is 273 Å². The van der Waals surface area contributed by atoms with Crippen molar-refractivity contribution in [2.75, 3.05) is 39.6 Å². The summed E-state index contributed by atoms with van der Waals surface area (Å²) in [7, 11) is -16.1. The number of phosphoric ester groups is 3. The monoisotopic (exact) mass is 757 g/mol. The zero-order valence-corrected chi connectivity index (χ0v) is 27.9. The van der Waals surface area contributed by atoms with Crippen molar-refractivity contribution >= 4 is 29.4 Å². The van der Waals surface area contributed by atoms with Gasteiger partial charge in [0.1, 0.15) is 49.1 Å². The number of fused-ring (bicyclic) bond motifs is 1. The highest BCUT2D eigenvalue weighted by Crippen LogP contribution is 2.61. The molecule has 5 fully saturated rings. The summed E-state index contributed by atoms with van der Waals surface area (Å²) in [6, 6.07) is -0.390. The van der Waals surface area contributed by atoms with Gasteiger partial charge in [0.15, 0.2) is 0 Å². The Morgan fingerprint density at radius 1 is 0.896 bits per heavy atom. The molecule has 0 radical (unpaired) electrons. The average molecular weight is 758 g/mol. The number of aliphatic hydroxyl groups is 3. The topological polar surface area (TPSA) is 360 Å². The van der Waals surface area contributed by atoms with Gasteiger partial charge in [0.25, 0.3) is 0 Å². The third-order valence-electron chi connectivity index (χ3n) is 8.70. The number of likely N-dealkylation sites (tertiary alicyclic amines) is 1. The highest BCUT2D eigenvalue weighted by molar-refractivity contribution is 7.61. The molecular weight excluding hydrogens is 715 g/mol. The number of nitrogens with two attached hydrogens (primary N) is 2. The average Bonchev–Trinajstić information content (AvgIpc) is 3.64. The largest absolute Gasteiger partial charge is 0.481 e. The number of primary amides is 1. The van der Waals surface area contributed by atoms with Crippen LogP contribution in [0.2, 0.25) is 0 Å². The lowest BCUT2D eigenvalue weighted by Crippen LogP contribution is -2.68. The molecule has 48 heavy (non-hydrogen) atoms. The lowest BCUT2D eigenvalue weighted by atomic mass is 9.96. The highest BCUT2D eigenvalue weighted by Gasteiger charge is 2.55. The van der Waals surface area contributed by atoms with Gasteiger partial charge < -0.3 is 55.8 Å². The van der Waals surface area contributed by atoms with Crippen LogP contribution in [0.25, 0.3) is 0 Å². The van der Waals surface area contributed by atoms with Crippen molar-refractivity contribution < 1.29 is 80.7 Å². The van der Waals surface area contributed by atoms with Gasteiger partial charge in [-0.2, -0.15) is 4.31 Å². The van der Waals surface area contributed by atoms with Crippen molar-refractivity contribution in [2.24, 2.45) is 17.4 Å². The minimum Gasteiger partial charge on any atom is -0.387 e. The lowest BCUT2D eigenvalue weighted by molar-refractivity contribution is -0.131. The summed E-state index contributed by atoms with van der Waals surface area (Å²) in [5.41, 5.74) is 11.4. The van der Waals surface area contributed by atoms with Gasteiger partial charge in [0.2, 0.25) is 5.91 Å². The molecule has 14 N–H and O–H groups in total. The van der Waals surface area contributed by atoms with Crippen molar-refractivity contribution in [1.82, 2.24) is 25.8 Å². The van der Waals surface area contributed by atoms with E-state index in [2.05, 4.69) is 20.3 Å². The van der Waals surface area contributed by atoms with Gasteiger partial charge in [-0.3, -0.25) is 39.2 Å². The highest BCUT2D eigenvalue weighted by atomic mass is 31.3. The standard InChI is InChI=1S/C21H42N7O17P3/c22-17-12-19(25-7-24-17)28(8-26-12)21-16(44-46(33,34)35)14(30)11(43-21)6-41-48(38,39)45-47(36,37)40-5-10-13(29)15(31)20(42-10)27-3-1-2-9(4-27)18(23)32/h9-17,19-21,24-26,29-31H,1-8,22H2,(H2,23,32)(H,36,37)(H,38,39)(H2,33,34,35)/t9?,10-,11-,12?,13-,14-,15-,16-,17?,19?,20-,21-/m1/s1. The molecule has 0 aromatic heterocycles. The molecule has 14 atom stereocenters. The van der Waals surface area contributed by atoms with Gasteiger partial charge >= 0.3 is 23.5 Å². The predicted molar refractivity (Wildman–Crippen MR) is 155 cm³/mol. The third kappa shape index (κ3) is 9.06. The van der Waals surface area contributed by atoms with Crippen LogP contribution in [-0.2, 0) is 45.8 Å². The first-order chi connectivity index (χ1) is 22.4. The van der Waals surface area contributed by atoms with Gasteiger partial charge in [-0.15, -0.1) is 0 Å². The molecule has 5 aliphatic rings. The fourth-order valence-electron chi connectivity index (χ4n) is 6.40.